The van der Waals surface area contributed by atoms with Crippen LogP contribution in [0.15, 0.2) is 0 Å². The van der Waals surface area contributed by atoms with Crippen LogP contribution in [-0.4, -0.2) is 42.5 Å². The summed E-state index contributed by atoms with van der Waals surface area (Å²) in [6.07, 6.45) is 8.93. The number of rotatable bonds is 6. The fourth-order valence-electron chi connectivity index (χ4n) is 3.90. The molecule has 23 heavy (non-hydrogen) atoms. The summed E-state index contributed by atoms with van der Waals surface area (Å²) in [6.45, 7) is 6.45. The summed E-state index contributed by atoms with van der Waals surface area (Å²) in [5.41, 5.74) is 0. The zero-order chi connectivity index (χ0) is 16.7. The molecule has 5 nitrogen and oxygen atoms in total. The largest absolute Gasteiger partial charge is 0.342 e. The minimum atomic E-state index is -0.120. The van der Waals surface area contributed by atoms with Gasteiger partial charge in [0.15, 0.2) is 0 Å². The summed E-state index contributed by atoms with van der Waals surface area (Å²) < 4.78 is 0. The molecule has 0 radical (unpaired) electrons. The van der Waals surface area contributed by atoms with Crippen LogP contribution in [0.4, 0.5) is 4.79 Å². The summed E-state index contributed by atoms with van der Waals surface area (Å²) in [4.78, 5) is 25.9. The number of hydrogen-bond acceptors (Lipinski definition) is 2. The molecule has 0 spiro atoms. The summed E-state index contributed by atoms with van der Waals surface area (Å²) >= 11 is 0. The Kier molecular flexibility index (Phi) is 7.18. The van der Waals surface area contributed by atoms with Crippen molar-refractivity contribution < 1.29 is 9.59 Å². The first-order valence-electron chi connectivity index (χ1n) is 9.38. The molecule has 1 heterocycles. The molecule has 0 bridgehead atoms. The van der Waals surface area contributed by atoms with Crippen molar-refractivity contribution in [2.45, 2.75) is 71.3 Å². The standard InChI is InChI=1S/C18H33N3O2/c1-14(2)20-18(23)19-11-6-5-9-17(22)21-12-10-15-7-3-4-8-16(15)13-21/h14-16H,3-13H2,1-2H3,(H2,19,20,23). The first kappa shape index (κ1) is 18.1. The van der Waals surface area contributed by atoms with E-state index in [1.807, 2.05) is 13.8 Å². The molecule has 1 aliphatic carbocycles. The highest BCUT2D eigenvalue weighted by atomic mass is 16.2. The number of hydrogen-bond donors (Lipinski definition) is 2. The first-order chi connectivity index (χ1) is 11.1. The van der Waals surface area contributed by atoms with Crippen molar-refractivity contribution in [3.63, 3.8) is 0 Å². The molecule has 1 saturated carbocycles. The van der Waals surface area contributed by atoms with Gasteiger partial charge in [-0.25, -0.2) is 4.79 Å². The Morgan fingerprint density at radius 1 is 1.09 bits per heavy atom. The third-order valence-electron chi connectivity index (χ3n) is 5.17. The molecule has 1 aliphatic heterocycles. The molecule has 5 heteroatoms. The maximum Gasteiger partial charge on any atom is 0.314 e. The minimum absolute atomic E-state index is 0.120. The molecule has 2 rings (SSSR count). The molecule has 2 aliphatic rings. The van der Waals surface area contributed by atoms with Gasteiger partial charge in [0.25, 0.3) is 0 Å². The monoisotopic (exact) mass is 323 g/mol. The van der Waals surface area contributed by atoms with E-state index < -0.39 is 0 Å². The van der Waals surface area contributed by atoms with Crippen molar-refractivity contribution in [1.82, 2.24) is 15.5 Å². The second kappa shape index (κ2) is 9.14. The van der Waals surface area contributed by atoms with E-state index in [4.69, 9.17) is 0 Å². The fraction of sp³-hybridized carbons (Fsp3) is 0.889. The lowest BCUT2D eigenvalue weighted by Gasteiger charge is -2.41. The number of nitrogens with zero attached hydrogens (tertiary/aromatic N) is 1. The SMILES string of the molecule is CC(C)NC(=O)NCCCCC(=O)N1CCC2CCCCC2C1. The number of likely N-dealkylation sites (tertiary alicyclic amines) is 1. The zero-order valence-corrected chi connectivity index (χ0v) is 14.8. The van der Waals surface area contributed by atoms with E-state index in [9.17, 15) is 9.59 Å². The molecule has 2 atom stereocenters. The van der Waals surface area contributed by atoms with Crippen molar-refractivity contribution in [2.75, 3.05) is 19.6 Å². The number of unbranched alkanes of at least 4 members (excludes halogenated alkanes) is 1. The molecule has 2 N–H and O–H groups in total. The number of carbonyl (C=O) groups is 2. The summed E-state index contributed by atoms with van der Waals surface area (Å²) in [5.74, 6) is 1.93. The van der Waals surface area contributed by atoms with E-state index in [-0.39, 0.29) is 12.1 Å². The fourth-order valence-corrected chi connectivity index (χ4v) is 3.90. The van der Waals surface area contributed by atoms with Crippen LogP contribution < -0.4 is 10.6 Å². The number of carbonyl (C=O) groups excluding carboxylic acids is 2. The molecule has 0 aromatic rings. The predicted molar refractivity (Wildman–Crippen MR) is 92.2 cm³/mol. The van der Waals surface area contributed by atoms with Gasteiger partial charge in [-0.2, -0.15) is 0 Å². The van der Waals surface area contributed by atoms with Crippen LogP contribution in [0.5, 0.6) is 0 Å². The average Bonchev–Trinajstić information content (AvgIpc) is 2.53. The van der Waals surface area contributed by atoms with Crippen LogP contribution in [0, 0.1) is 11.8 Å². The van der Waals surface area contributed by atoms with Gasteiger partial charge in [-0.15, -0.1) is 0 Å². The van der Waals surface area contributed by atoms with Gasteiger partial charge in [-0.1, -0.05) is 19.3 Å². The molecule has 2 fully saturated rings. The first-order valence-corrected chi connectivity index (χ1v) is 9.38. The Bertz CT molecular complexity index is 398. The predicted octanol–water partition coefficient (Wildman–Crippen LogP) is 2.90. The van der Waals surface area contributed by atoms with Crippen LogP contribution >= 0.6 is 0 Å². The van der Waals surface area contributed by atoms with E-state index in [1.165, 1.54) is 32.1 Å². The Morgan fingerprint density at radius 3 is 2.57 bits per heavy atom. The third kappa shape index (κ3) is 6.04. The number of piperidine rings is 1. The van der Waals surface area contributed by atoms with Gasteiger partial charge in [0.05, 0.1) is 0 Å². The highest BCUT2D eigenvalue weighted by Gasteiger charge is 2.32. The van der Waals surface area contributed by atoms with Crippen LogP contribution in [0.3, 0.4) is 0 Å². The highest BCUT2D eigenvalue weighted by molar-refractivity contribution is 5.76. The summed E-state index contributed by atoms with van der Waals surface area (Å²) in [7, 11) is 0. The van der Waals surface area contributed by atoms with Crippen LogP contribution in [0.1, 0.15) is 65.2 Å². The normalized spacial score (nSPS) is 24.2. The molecule has 1 saturated heterocycles. The van der Waals surface area contributed by atoms with E-state index in [0.29, 0.717) is 18.9 Å². The molecule has 3 amide bonds. The molecule has 132 valence electrons. The zero-order valence-electron chi connectivity index (χ0n) is 14.8. The van der Waals surface area contributed by atoms with E-state index in [1.54, 1.807) is 0 Å². The van der Waals surface area contributed by atoms with Gasteiger partial charge in [-0.05, 0) is 51.4 Å². The van der Waals surface area contributed by atoms with Crippen molar-refractivity contribution in [2.24, 2.45) is 11.8 Å². The number of urea groups is 1. The number of amides is 3. The van der Waals surface area contributed by atoms with Crippen molar-refractivity contribution in [3.05, 3.63) is 0 Å². The quantitative estimate of drug-likeness (QED) is 0.738. The summed E-state index contributed by atoms with van der Waals surface area (Å²) in [6, 6.07) is 0.0324. The molecule has 2 unspecified atom stereocenters. The van der Waals surface area contributed by atoms with Crippen LogP contribution in [0.25, 0.3) is 0 Å². The smallest absolute Gasteiger partial charge is 0.314 e. The topological polar surface area (TPSA) is 61.4 Å². The maximum atomic E-state index is 12.3. The van der Waals surface area contributed by atoms with Crippen molar-refractivity contribution in [1.29, 1.82) is 0 Å². The Morgan fingerprint density at radius 2 is 1.83 bits per heavy atom. The van der Waals surface area contributed by atoms with Gasteiger partial charge in [0.1, 0.15) is 0 Å². The second-order valence-electron chi connectivity index (χ2n) is 7.45. The van der Waals surface area contributed by atoms with Gasteiger partial charge in [-0.3, -0.25) is 4.79 Å². The maximum absolute atomic E-state index is 12.3. The third-order valence-corrected chi connectivity index (χ3v) is 5.17. The second-order valence-corrected chi connectivity index (χ2v) is 7.45. The van der Waals surface area contributed by atoms with Crippen LogP contribution in [0.2, 0.25) is 0 Å². The van der Waals surface area contributed by atoms with E-state index >= 15 is 0 Å². The van der Waals surface area contributed by atoms with Gasteiger partial charge in [0.2, 0.25) is 5.91 Å². The van der Waals surface area contributed by atoms with Gasteiger partial charge in [0, 0.05) is 32.1 Å². The average molecular weight is 323 g/mol. The van der Waals surface area contributed by atoms with Gasteiger partial charge < -0.3 is 15.5 Å². The van der Waals surface area contributed by atoms with Crippen LogP contribution in [-0.2, 0) is 4.79 Å². The van der Waals surface area contributed by atoms with Crippen molar-refractivity contribution in [3.8, 4) is 0 Å². The van der Waals surface area contributed by atoms with Gasteiger partial charge >= 0.3 is 6.03 Å². The minimum Gasteiger partial charge on any atom is -0.342 e. The number of nitrogens with one attached hydrogen (secondary N) is 2. The molecule has 0 aromatic carbocycles. The number of fused-ring (bicyclic) bond motifs is 1. The Labute approximate surface area is 140 Å². The lowest BCUT2D eigenvalue weighted by Crippen LogP contribution is -2.44. The van der Waals surface area contributed by atoms with E-state index in [0.717, 1.165) is 37.8 Å². The lowest BCUT2D eigenvalue weighted by atomic mass is 9.75. The Hall–Kier alpha value is -1.26. The van der Waals surface area contributed by atoms with Crippen molar-refractivity contribution >= 4 is 11.9 Å². The summed E-state index contributed by atoms with van der Waals surface area (Å²) in [5, 5.41) is 5.62. The lowest BCUT2D eigenvalue weighted by molar-refractivity contribution is -0.134. The Balaban J connectivity index is 1.57. The van der Waals surface area contributed by atoms with E-state index in [2.05, 4.69) is 15.5 Å². The molecular weight excluding hydrogens is 290 g/mol. The highest BCUT2D eigenvalue weighted by Crippen LogP contribution is 2.36. The molecular formula is C18H33N3O2. The molecule has 0 aromatic heterocycles.